The Labute approximate surface area is 428 Å². The summed E-state index contributed by atoms with van der Waals surface area (Å²) in [6, 6.07) is -0.669. The molecule has 2 unspecified atom stereocenters. The summed E-state index contributed by atoms with van der Waals surface area (Å²) in [7, 11) is 0. The molecule has 4 nitrogen and oxygen atoms in total. The maximum Gasteiger partial charge on any atom is 0.220 e. The molecular weight excluding hydrogens is 843 g/mol. The van der Waals surface area contributed by atoms with Crippen molar-refractivity contribution in [1.29, 1.82) is 0 Å². The summed E-state index contributed by atoms with van der Waals surface area (Å²) in [6.07, 6.45) is 91.8. The van der Waals surface area contributed by atoms with E-state index in [0.29, 0.717) is 6.42 Å². The molecule has 0 aromatic heterocycles. The van der Waals surface area contributed by atoms with Gasteiger partial charge in [0.1, 0.15) is 0 Å². The summed E-state index contributed by atoms with van der Waals surface area (Å²) in [5, 5.41) is 23.1. The Hall–Kier alpha value is -3.47. The van der Waals surface area contributed by atoms with E-state index in [-0.39, 0.29) is 12.5 Å². The number of aliphatic hydroxyl groups is 2. The van der Waals surface area contributed by atoms with Crippen molar-refractivity contribution in [3.05, 3.63) is 134 Å². The molecule has 0 aliphatic heterocycles. The molecule has 0 aromatic rings. The lowest BCUT2D eigenvalue weighted by Gasteiger charge is -2.19. The first-order valence-electron chi connectivity index (χ1n) is 28.9. The van der Waals surface area contributed by atoms with Crippen LogP contribution in [-0.2, 0) is 4.79 Å². The van der Waals surface area contributed by atoms with Gasteiger partial charge in [0.25, 0.3) is 0 Å². The van der Waals surface area contributed by atoms with E-state index in [4.69, 9.17) is 0 Å². The SMILES string of the molecule is CC/C=C\C/C=C\C/C=C\C/C=C\C/C=C\C/C=C\C/C=C\C/C=C\C/C=C\CCCCCC(=O)NC(CO)C(O)/C=C/CC/C=C/CCCCCCCCCCCCCCCCCCCCCC. The lowest BCUT2D eigenvalue weighted by atomic mass is 10.0. The quantitative estimate of drug-likeness (QED) is 0.0420. The Kier molecular flexibility index (Phi) is 55.9. The number of allylic oxidation sites excluding steroid dienone is 21. The van der Waals surface area contributed by atoms with Crippen molar-refractivity contribution in [1.82, 2.24) is 5.32 Å². The smallest absolute Gasteiger partial charge is 0.220 e. The fraction of sp³-hybridized carbons (Fsp3) is 0.646. The normalized spacial score (nSPS) is 13.9. The van der Waals surface area contributed by atoms with Crippen LogP contribution in [0.15, 0.2) is 134 Å². The molecule has 0 aliphatic rings. The maximum atomic E-state index is 12.5. The van der Waals surface area contributed by atoms with Crippen molar-refractivity contribution < 1.29 is 15.0 Å². The molecule has 0 aliphatic carbocycles. The number of amides is 1. The average Bonchev–Trinajstić information content (AvgIpc) is 3.35. The number of hydrogen-bond acceptors (Lipinski definition) is 3. The summed E-state index contributed by atoms with van der Waals surface area (Å²) in [5.41, 5.74) is 0. The van der Waals surface area contributed by atoms with Gasteiger partial charge in [-0.05, 0) is 103 Å². The number of carbonyl (C=O) groups is 1. The van der Waals surface area contributed by atoms with E-state index in [2.05, 4.69) is 141 Å². The van der Waals surface area contributed by atoms with Crippen LogP contribution in [-0.4, -0.2) is 34.9 Å². The molecule has 0 aromatic carbocycles. The summed E-state index contributed by atoms with van der Waals surface area (Å²) in [5.74, 6) is -0.110. The second kappa shape index (κ2) is 58.8. The lowest BCUT2D eigenvalue weighted by molar-refractivity contribution is -0.123. The number of rotatable bonds is 51. The first-order valence-corrected chi connectivity index (χ1v) is 28.9. The molecule has 0 spiro atoms. The van der Waals surface area contributed by atoms with Crippen molar-refractivity contribution >= 4 is 5.91 Å². The van der Waals surface area contributed by atoms with Gasteiger partial charge in [0, 0.05) is 6.42 Å². The van der Waals surface area contributed by atoms with Gasteiger partial charge in [-0.3, -0.25) is 4.79 Å². The standard InChI is InChI=1S/C65H109NO3/c1-3-5-7-9-11-13-15-17-19-21-23-25-27-29-31-32-33-34-35-37-39-41-43-45-47-49-51-53-55-57-59-61-65(69)66-63(62-67)64(68)60-58-56-54-52-50-48-46-44-42-40-38-36-30-28-26-24-22-20-18-16-14-12-10-8-6-4-2/h5,7,11,13,17,19,23,25,29,31,33-34,37,39,43,45,49-52,58,60,63-64,67-68H,3-4,6,8-10,12,14-16,18,20-22,24,26-28,30,32,35-36,38,40-42,44,46-48,53-57,59,61-62H2,1-2H3,(H,66,69)/b7-5-,13-11-,19-17-,25-23-,31-29-,34-33-,39-37-,45-43-,51-49-,52-50+,60-58+. The molecule has 4 heteroatoms. The molecule has 0 rings (SSSR count). The highest BCUT2D eigenvalue weighted by atomic mass is 16.3. The highest BCUT2D eigenvalue weighted by Crippen LogP contribution is 2.15. The zero-order valence-corrected chi connectivity index (χ0v) is 45.0. The first kappa shape index (κ1) is 65.5. The van der Waals surface area contributed by atoms with E-state index in [9.17, 15) is 15.0 Å². The second-order valence-corrected chi connectivity index (χ2v) is 19.0. The van der Waals surface area contributed by atoms with Crippen LogP contribution in [0.1, 0.15) is 251 Å². The Morgan fingerprint density at radius 1 is 0.362 bits per heavy atom. The maximum absolute atomic E-state index is 12.5. The monoisotopic (exact) mass is 952 g/mol. The zero-order valence-electron chi connectivity index (χ0n) is 45.0. The number of aliphatic hydroxyl groups excluding tert-OH is 2. The van der Waals surface area contributed by atoms with Crippen LogP contribution in [0, 0.1) is 0 Å². The number of carbonyl (C=O) groups excluding carboxylic acids is 1. The molecule has 0 bridgehead atoms. The van der Waals surface area contributed by atoms with Crippen LogP contribution < -0.4 is 5.32 Å². The van der Waals surface area contributed by atoms with Crippen LogP contribution in [0.25, 0.3) is 0 Å². The summed E-state index contributed by atoms with van der Waals surface area (Å²) in [6.45, 7) is 4.18. The molecule has 1 amide bonds. The van der Waals surface area contributed by atoms with Gasteiger partial charge in [-0.25, -0.2) is 0 Å². The molecular formula is C65H109NO3. The van der Waals surface area contributed by atoms with E-state index >= 15 is 0 Å². The third kappa shape index (κ3) is 55.3. The third-order valence-electron chi connectivity index (χ3n) is 12.4. The topological polar surface area (TPSA) is 69.6 Å². The van der Waals surface area contributed by atoms with Gasteiger partial charge in [0.05, 0.1) is 18.8 Å². The fourth-order valence-electron chi connectivity index (χ4n) is 8.01. The predicted octanol–water partition coefficient (Wildman–Crippen LogP) is 19.4. The minimum Gasteiger partial charge on any atom is -0.394 e. The molecule has 0 heterocycles. The Balaban J connectivity index is 3.69. The molecule has 2 atom stereocenters. The molecule has 0 saturated carbocycles. The van der Waals surface area contributed by atoms with Crippen LogP contribution >= 0.6 is 0 Å². The Morgan fingerprint density at radius 2 is 0.652 bits per heavy atom. The summed E-state index contributed by atoms with van der Waals surface area (Å²) >= 11 is 0. The molecule has 0 saturated heterocycles. The van der Waals surface area contributed by atoms with Crippen LogP contribution in [0.5, 0.6) is 0 Å². The average molecular weight is 953 g/mol. The van der Waals surface area contributed by atoms with Crippen molar-refractivity contribution in [3.63, 3.8) is 0 Å². The van der Waals surface area contributed by atoms with Gasteiger partial charge in [-0.1, -0.05) is 276 Å². The predicted molar refractivity (Wildman–Crippen MR) is 308 cm³/mol. The molecule has 0 radical (unpaired) electrons. The van der Waals surface area contributed by atoms with Gasteiger partial charge in [-0.15, -0.1) is 0 Å². The molecule has 392 valence electrons. The largest absolute Gasteiger partial charge is 0.394 e. The van der Waals surface area contributed by atoms with E-state index in [0.717, 1.165) is 103 Å². The molecule has 69 heavy (non-hydrogen) atoms. The Bertz CT molecular complexity index is 1400. The summed E-state index contributed by atoms with van der Waals surface area (Å²) in [4.78, 5) is 12.5. The van der Waals surface area contributed by atoms with Gasteiger partial charge in [-0.2, -0.15) is 0 Å². The van der Waals surface area contributed by atoms with Gasteiger partial charge in [0.15, 0.2) is 0 Å². The van der Waals surface area contributed by atoms with Crippen molar-refractivity contribution in [2.45, 2.75) is 264 Å². The van der Waals surface area contributed by atoms with E-state index in [1.807, 2.05) is 6.08 Å². The zero-order chi connectivity index (χ0) is 49.9. The van der Waals surface area contributed by atoms with Crippen LogP contribution in [0.2, 0.25) is 0 Å². The minimum absolute atomic E-state index is 0.110. The van der Waals surface area contributed by atoms with E-state index < -0.39 is 12.1 Å². The molecule has 3 N–H and O–H groups in total. The van der Waals surface area contributed by atoms with E-state index in [1.54, 1.807) is 6.08 Å². The van der Waals surface area contributed by atoms with Crippen molar-refractivity contribution in [2.24, 2.45) is 0 Å². The third-order valence-corrected chi connectivity index (χ3v) is 12.4. The number of unbranched alkanes of at least 4 members (excludes halogenated alkanes) is 24. The Morgan fingerprint density at radius 3 is 1.01 bits per heavy atom. The second-order valence-electron chi connectivity index (χ2n) is 19.0. The minimum atomic E-state index is -0.888. The van der Waals surface area contributed by atoms with Gasteiger partial charge in [0.2, 0.25) is 5.91 Å². The summed E-state index contributed by atoms with van der Waals surface area (Å²) < 4.78 is 0. The number of nitrogens with one attached hydrogen (secondary N) is 1. The van der Waals surface area contributed by atoms with Crippen LogP contribution in [0.4, 0.5) is 0 Å². The van der Waals surface area contributed by atoms with E-state index in [1.165, 1.54) is 128 Å². The van der Waals surface area contributed by atoms with Gasteiger partial charge < -0.3 is 15.5 Å². The van der Waals surface area contributed by atoms with Gasteiger partial charge >= 0.3 is 0 Å². The number of hydrogen-bond donors (Lipinski definition) is 3. The lowest BCUT2D eigenvalue weighted by Crippen LogP contribution is -2.45. The van der Waals surface area contributed by atoms with Crippen molar-refractivity contribution in [3.8, 4) is 0 Å². The highest BCUT2D eigenvalue weighted by molar-refractivity contribution is 5.76. The van der Waals surface area contributed by atoms with Crippen LogP contribution in [0.3, 0.4) is 0 Å². The first-order chi connectivity index (χ1) is 34.2. The van der Waals surface area contributed by atoms with Crippen molar-refractivity contribution in [2.75, 3.05) is 6.61 Å². The molecule has 0 fully saturated rings. The highest BCUT2D eigenvalue weighted by Gasteiger charge is 2.17. The fourth-order valence-corrected chi connectivity index (χ4v) is 8.01.